The summed E-state index contributed by atoms with van der Waals surface area (Å²) >= 11 is 6.45. The van der Waals surface area contributed by atoms with E-state index in [0.717, 1.165) is 5.56 Å². The van der Waals surface area contributed by atoms with Crippen LogP contribution in [0.15, 0.2) is 29.7 Å². The molecule has 4 heterocycles. The van der Waals surface area contributed by atoms with Gasteiger partial charge in [0.05, 0.1) is 12.3 Å². The van der Waals surface area contributed by atoms with Crippen molar-refractivity contribution in [3.05, 3.63) is 35.4 Å². The Bertz CT molecular complexity index is 1130. The first-order valence-electron chi connectivity index (χ1n) is 9.45. The molecule has 3 aromatic heterocycles. The van der Waals surface area contributed by atoms with Crippen LogP contribution >= 0.6 is 11.6 Å². The van der Waals surface area contributed by atoms with Crippen LogP contribution in [0, 0.1) is 0 Å². The molecule has 0 atom stereocenters. The first-order valence-corrected chi connectivity index (χ1v) is 11.3. The van der Waals surface area contributed by atoms with Gasteiger partial charge in [0.25, 0.3) is 0 Å². The highest BCUT2D eigenvalue weighted by Crippen LogP contribution is 2.36. The third kappa shape index (κ3) is 3.72. The van der Waals surface area contributed by atoms with Crippen LogP contribution in [0.4, 0.5) is 0 Å². The number of aromatic nitrogens is 5. The van der Waals surface area contributed by atoms with E-state index in [1.54, 1.807) is 17.6 Å². The first-order chi connectivity index (χ1) is 13.8. The predicted octanol–water partition coefficient (Wildman–Crippen LogP) is 2.47. The Morgan fingerprint density at radius 1 is 1.24 bits per heavy atom. The summed E-state index contributed by atoms with van der Waals surface area (Å²) in [7, 11) is -2.02. The molecule has 1 aliphatic heterocycles. The van der Waals surface area contributed by atoms with Gasteiger partial charge in [0.1, 0.15) is 6.33 Å². The average Bonchev–Trinajstić information content (AvgIpc) is 3.27. The van der Waals surface area contributed by atoms with Crippen molar-refractivity contribution in [2.75, 3.05) is 13.1 Å². The van der Waals surface area contributed by atoms with Crippen molar-refractivity contribution in [1.29, 1.82) is 0 Å². The summed E-state index contributed by atoms with van der Waals surface area (Å²) in [5.74, 6) is 0.421. The molecule has 0 unspecified atom stereocenters. The highest BCUT2D eigenvalue weighted by atomic mass is 35.5. The summed E-state index contributed by atoms with van der Waals surface area (Å²) in [6, 6.07) is 1.79. The van der Waals surface area contributed by atoms with Crippen molar-refractivity contribution in [1.82, 2.24) is 28.7 Å². The molecule has 4 rings (SSSR count). The van der Waals surface area contributed by atoms with E-state index in [2.05, 4.69) is 15.2 Å². The number of hydrogen-bond donors (Lipinski definition) is 0. The van der Waals surface area contributed by atoms with Gasteiger partial charge < -0.3 is 4.74 Å². The van der Waals surface area contributed by atoms with Crippen LogP contribution in [0.25, 0.3) is 5.65 Å². The number of hydrogen-bond acceptors (Lipinski definition) is 6. The van der Waals surface area contributed by atoms with Gasteiger partial charge in [0.2, 0.25) is 15.9 Å². The van der Waals surface area contributed by atoms with Crippen molar-refractivity contribution >= 4 is 27.3 Å². The van der Waals surface area contributed by atoms with Gasteiger partial charge in [-0.1, -0.05) is 11.6 Å². The summed E-state index contributed by atoms with van der Waals surface area (Å²) < 4.78 is 36.7. The number of ether oxygens (including phenoxy) is 1. The number of piperidine rings is 1. The normalized spacial score (nSPS) is 16.7. The summed E-state index contributed by atoms with van der Waals surface area (Å²) in [5, 5.41) is 8.87. The molecule has 0 aromatic carbocycles. The molecule has 0 radical (unpaired) electrons. The zero-order chi connectivity index (χ0) is 20.8. The van der Waals surface area contributed by atoms with E-state index >= 15 is 0 Å². The molecule has 11 heteroatoms. The Balaban J connectivity index is 1.54. The fourth-order valence-corrected chi connectivity index (χ4v) is 5.49. The second kappa shape index (κ2) is 7.58. The van der Waals surface area contributed by atoms with E-state index < -0.39 is 10.0 Å². The Labute approximate surface area is 174 Å². The van der Waals surface area contributed by atoms with E-state index in [9.17, 15) is 8.42 Å². The molecule has 29 heavy (non-hydrogen) atoms. The van der Waals surface area contributed by atoms with Crippen molar-refractivity contribution in [3.63, 3.8) is 0 Å². The van der Waals surface area contributed by atoms with Crippen LogP contribution in [-0.2, 0) is 17.1 Å². The summed E-state index contributed by atoms with van der Waals surface area (Å²) in [6.07, 6.45) is 5.90. The number of pyridine rings is 1. The molecule has 3 aromatic rings. The summed E-state index contributed by atoms with van der Waals surface area (Å²) in [6.45, 7) is 4.50. The van der Waals surface area contributed by atoms with Crippen molar-refractivity contribution < 1.29 is 13.2 Å². The van der Waals surface area contributed by atoms with Crippen molar-refractivity contribution in [2.24, 2.45) is 7.05 Å². The number of halogens is 1. The van der Waals surface area contributed by atoms with Crippen LogP contribution in [0.5, 0.6) is 5.88 Å². The molecular formula is C18H23ClN6O3S. The van der Waals surface area contributed by atoms with Crippen LogP contribution in [0.1, 0.15) is 38.2 Å². The number of nitrogens with zero attached hydrogens (tertiary/aromatic N) is 6. The smallest absolute Gasteiger partial charge is 0.250 e. The van der Waals surface area contributed by atoms with Crippen LogP contribution in [-0.4, -0.2) is 56.3 Å². The number of rotatable bonds is 5. The minimum Gasteiger partial charge on any atom is -0.474 e. The van der Waals surface area contributed by atoms with Gasteiger partial charge in [-0.3, -0.25) is 0 Å². The molecule has 0 N–H and O–H groups in total. The zero-order valence-corrected chi connectivity index (χ0v) is 18.1. The molecule has 0 spiro atoms. The molecule has 0 saturated carbocycles. The topological polar surface area (TPSA) is 94.6 Å². The number of fused-ring (bicyclic) bond motifs is 1. The lowest BCUT2D eigenvalue weighted by molar-refractivity contribution is 0.214. The van der Waals surface area contributed by atoms with Gasteiger partial charge in [-0.25, -0.2) is 22.6 Å². The Hall–Kier alpha value is -2.17. The van der Waals surface area contributed by atoms with Gasteiger partial charge in [-0.15, -0.1) is 0 Å². The summed E-state index contributed by atoms with van der Waals surface area (Å²) in [4.78, 5) is 4.24. The molecule has 0 amide bonds. The molecule has 9 nitrogen and oxygen atoms in total. The highest BCUT2D eigenvalue weighted by molar-refractivity contribution is 7.89. The van der Waals surface area contributed by atoms with Gasteiger partial charge in [-0.2, -0.15) is 14.5 Å². The predicted molar refractivity (Wildman–Crippen MR) is 108 cm³/mol. The Kier molecular flexibility index (Phi) is 5.26. The first kappa shape index (κ1) is 20.1. The standard InChI is InChI=1S/C18H23ClN6O3S/c1-12(2)28-18-16(9-21-23(18)3)29(26,27)24-6-4-13(5-7-24)14-10-25-17(8-15(14)19)20-11-22-25/h8-13H,4-7H2,1-3H3. The van der Waals surface area contributed by atoms with Gasteiger partial charge >= 0.3 is 0 Å². The molecule has 1 saturated heterocycles. The minimum absolute atomic E-state index is 0.106. The van der Waals surface area contributed by atoms with Gasteiger partial charge in [-0.05, 0) is 38.2 Å². The van der Waals surface area contributed by atoms with Gasteiger partial charge in [0.15, 0.2) is 10.5 Å². The third-order valence-corrected chi connectivity index (χ3v) is 7.31. The fraction of sp³-hybridized carbons (Fsp3) is 0.500. The van der Waals surface area contributed by atoms with E-state index in [-0.39, 0.29) is 22.8 Å². The number of aryl methyl sites for hydroxylation is 1. The SMILES string of the molecule is CC(C)Oc1c(S(=O)(=O)N2CCC(c3cn4ncnc4cc3Cl)CC2)cnn1C. The molecule has 1 aliphatic rings. The summed E-state index contributed by atoms with van der Waals surface area (Å²) in [5.41, 5.74) is 1.65. The monoisotopic (exact) mass is 438 g/mol. The largest absolute Gasteiger partial charge is 0.474 e. The van der Waals surface area contributed by atoms with Crippen LogP contribution in [0.2, 0.25) is 5.02 Å². The molecule has 0 aliphatic carbocycles. The Morgan fingerprint density at radius 2 is 1.97 bits per heavy atom. The molecule has 1 fully saturated rings. The Morgan fingerprint density at radius 3 is 2.66 bits per heavy atom. The maximum Gasteiger partial charge on any atom is 0.250 e. The molecule has 156 valence electrons. The lowest BCUT2D eigenvalue weighted by Crippen LogP contribution is -2.38. The van der Waals surface area contributed by atoms with Crippen LogP contribution in [0.3, 0.4) is 0 Å². The zero-order valence-electron chi connectivity index (χ0n) is 16.5. The van der Waals surface area contributed by atoms with E-state index in [0.29, 0.717) is 36.6 Å². The third-order valence-electron chi connectivity index (χ3n) is 5.11. The average molecular weight is 439 g/mol. The second-order valence-electron chi connectivity index (χ2n) is 7.42. The van der Waals surface area contributed by atoms with E-state index in [1.165, 1.54) is 21.5 Å². The second-order valence-corrected chi connectivity index (χ2v) is 9.74. The van der Waals surface area contributed by atoms with Crippen molar-refractivity contribution in [3.8, 4) is 5.88 Å². The fourth-order valence-electron chi connectivity index (χ4n) is 3.64. The van der Waals surface area contributed by atoms with Crippen LogP contribution < -0.4 is 4.74 Å². The lowest BCUT2D eigenvalue weighted by atomic mass is 9.91. The lowest BCUT2D eigenvalue weighted by Gasteiger charge is -2.31. The van der Waals surface area contributed by atoms with Gasteiger partial charge in [0, 0.05) is 37.4 Å². The number of sulfonamides is 1. The quantitative estimate of drug-likeness (QED) is 0.607. The van der Waals surface area contributed by atoms with E-state index in [4.69, 9.17) is 16.3 Å². The molecular weight excluding hydrogens is 416 g/mol. The van der Waals surface area contributed by atoms with Crippen molar-refractivity contribution in [2.45, 2.75) is 43.6 Å². The maximum atomic E-state index is 13.2. The maximum absolute atomic E-state index is 13.2. The molecule has 0 bridgehead atoms. The highest BCUT2D eigenvalue weighted by Gasteiger charge is 2.34. The minimum atomic E-state index is -3.69. The van der Waals surface area contributed by atoms with E-state index in [1.807, 2.05) is 20.0 Å².